The van der Waals surface area contributed by atoms with E-state index in [-0.39, 0.29) is 34.8 Å². The molecule has 0 saturated carbocycles. The molecule has 190 valence electrons. The van der Waals surface area contributed by atoms with Gasteiger partial charge in [0.1, 0.15) is 17.1 Å². The van der Waals surface area contributed by atoms with Gasteiger partial charge in [-0.1, -0.05) is 17.7 Å². The molecule has 0 bridgehead atoms. The smallest absolute Gasteiger partial charge is 0.270 e. The van der Waals surface area contributed by atoms with E-state index >= 15 is 0 Å². The van der Waals surface area contributed by atoms with Crippen LogP contribution in [0.3, 0.4) is 0 Å². The van der Waals surface area contributed by atoms with Gasteiger partial charge in [0.15, 0.2) is 5.82 Å². The minimum atomic E-state index is -0.623. The quantitative estimate of drug-likeness (QED) is 0.469. The van der Waals surface area contributed by atoms with Gasteiger partial charge in [0, 0.05) is 55.9 Å². The molecule has 3 aromatic rings. The number of guanidine groups is 1. The number of piperazine rings is 1. The second-order valence-corrected chi connectivity index (χ2v) is 9.25. The molecule has 3 aliphatic rings. The normalized spacial score (nSPS) is 17.0. The van der Waals surface area contributed by atoms with Crippen LogP contribution < -0.4 is 25.3 Å². The molecular formula is C25H24ClFN8O2. The first kappa shape index (κ1) is 23.6. The zero-order valence-corrected chi connectivity index (χ0v) is 20.5. The monoisotopic (exact) mass is 522 g/mol. The zero-order valence-electron chi connectivity index (χ0n) is 19.8. The Morgan fingerprint density at radius 1 is 1.16 bits per heavy atom. The summed E-state index contributed by atoms with van der Waals surface area (Å²) >= 11 is 6.27. The van der Waals surface area contributed by atoms with Crippen LogP contribution in [-0.2, 0) is 6.61 Å². The number of hydrogen-bond acceptors (Lipinski definition) is 9. The number of aliphatic hydroxyl groups is 1. The van der Waals surface area contributed by atoms with E-state index in [1.165, 1.54) is 29.3 Å². The van der Waals surface area contributed by atoms with Gasteiger partial charge in [-0.25, -0.2) is 14.3 Å². The lowest BCUT2D eigenvalue weighted by molar-refractivity contribution is 0.0999. The van der Waals surface area contributed by atoms with Crippen molar-refractivity contribution in [1.29, 1.82) is 0 Å². The second-order valence-electron chi connectivity index (χ2n) is 8.84. The molecular weight excluding hydrogens is 499 g/mol. The maximum atomic E-state index is 14.7. The van der Waals surface area contributed by atoms with Crippen LogP contribution in [0.15, 0.2) is 47.6 Å². The van der Waals surface area contributed by atoms with Gasteiger partial charge in [0.25, 0.3) is 5.91 Å². The Bertz CT molecular complexity index is 1390. The fourth-order valence-electron chi connectivity index (χ4n) is 4.87. The van der Waals surface area contributed by atoms with Gasteiger partial charge in [0.05, 0.1) is 18.2 Å². The number of amides is 1. The minimum Gasteiger partial charge on any atom is -0.392 e. The molecule has 0 radical (unpaired) electrons. The third kappa shape index (κ3) is 4.14. The Balaban J connectivity index is 1.31. The summed E-state index contributed by atoms with van der Waals surface area (Å²) in [5, 5.41) is 16.6. The first-order valence-electron chi connectivity index (χ1n) is 12.0. The van der Waals surface area contributed by atoms with Gasteiger partial charge >= 0.3 is 0 Å². The van der Waals surface area contributed by atoms with Gasteiger partial charge < -0.3 is 20.6 Å². The van der Waals surface area contributed by atoms with E-state index in [4.69, 9.17) is 11.6 Å². The third-order valence-corrected chi connectivity index (χ3v) is 6.91. The van der Waals surface area contributed by atoms with Crippen molar-refractivity contribution >= 4 is 52.3 Å². The molecule has 1 fully saturated rings. The Morgan fingerprint density at radius 2 is 2.00 bits per heavy atom. The molecule has 0 unspecified atom stereocenters. The Hall–Kier alpha value is -3.80. The molecule has 1 aromatic heterocycles. The summed E-state index contributed by atoms with van der Waals surface area (Å²) in [6.07, 6.45) is 1.42. The second kappa shape index (κ2) is 9.58. The van der Waals surface area contributed by atoms with Gasteiger partial charge in [0.2, 0.25) is 11.9 Å². The number of hydrogen-bond donors (Lipinski definition) is 3. The van der Waals surface area contributed by atoms with E-state index in [1.54, 1.807) is 4.90 Å². The maximum Gasteiger partial charge on any atom is 0.270 e. The van der Waals surface area contributed by atoms with Crippen LogP contribution in [0.1, 0.15) is 15.9 Å². The van der Waals surface area contributed by atoms with E-state index in [0.29, 0.717) is 24.6 Å². The number of nitrogens with zero attached hydrogens (tertiary/aromatic N) is 6. The highest BCUT2D eigenvalue weighted by atomic mass is 35.5. The van der Waals surface area contributed by atoms with E-state index in [1.807, 2.05) is 18.2 Å². The number of para-hydroxylation sites is 1. The SMILES string of the molecule is O=C1c2cnc(Nc3ccc(N4CCNCC4)c(CO)c3)nc2N2CCN=C2N1c1c(F)cccc1Cl. The number of nitrogens with one attached hydrogen (secondary N) is 2. The lowest BCUT2D eigenvalue weighted by Gasteiger charge is -2.35. The van der Waals surface area contributed by atoms with E-state index in [0.717, 1.165) is 37.4 Å². The lowest BCUT2D eigenvalue weighted by atomic mass is 10.1. The van der Waals surface area contributed by atoms with Gasteiger partial charge in [-0.05, 0) is 30.3 Å². The van der Waals surface area contributed by atoms with Crippen molar-refractivity contribution in [2.75, 3.05) is 59.3 Å². The molecule has 1 saturated heterocycles. The molecule has 0 aliphatic carbocycles. The average Bonchev–Trinajstić information content (AvgIpc) is 3.40. The fourth-order valence-corrected chi connectivity index (χ4v) is 5.11. The number of rotatable bonds is 5. The van der Waals surface area contributed by atoms with E-state index in [2.05, 4.69) is 30.5 Å². The van der Waals surface area contributed by atoms with Crippen molar-refractivity contribution in [3.05, 3.63) is 64.6 Å². The number of halogens is 2. The lowest BCUT2D eigenvalue weighted by Crippen LogP contribution is -2.51. The van der Waals surface area contributed by atoms with Crippen LogP contribution in [0.4, 0.5) is 33.2 Å². The van der Waals surface area contributed by atoms with E-state index in [9.17, 15) is 14.3 Å². The highest BCUT2D eigenvalue weighted by molar-refractivity contribution is 6.38. The number of fused-ring (bicyclic) bond motifs is 3. The summed E-state index contributed by atoms with van der Waals surface area (Å²) in [5.74, 6) is -0.177. The summed E-state index contributed by atoms with van der Waals surface area (Å²) in [5.41, 5.74) is 2.67. The van der Waals surface area contributed by atoms with Crippen molar-refractivity contribution in [1.82, 2.24) is 15.3 Å². The van der Waals surface area contributed by atoms with Gasteiger partial charge in [-0.15, -0.1) is 0 Å². The van der Waals surface area contributed by atoms with Crippen LogP contribution in [0, 0.1) is 5.82 Å². The number of anilines is 5. The fraction of sp³-hybridized carbons (Fsp3) is 0.280. The van der Waals surface area contributed by atoms with Gasteiger partial charge in [-0.2, -0.15) is 4.98 Å². The molecule has 37 heavy (non-hydrogen) atoms. The number of aliphatic imine (C=N–C) groups is 1. The first-order chi connectivity index (χ1) is 18.0. The average molecular weight is 523 g/mol. The van der Waals surface area contributed by atoms with Crippen LogP contribution in [0.25, 0.3) is 0 Å². The van der Waals surface area contributed by atoms with Crippen LogP contribution in [0.2, 0.25) is 5.02 Å². The molecule has 3 aliphatic heterocycles. The van der Waals surface area contributed by atoms with Crippen molar-refractivity contribution < 1.29 is 14.3 Å². The molecule has 1 amide bonds. The third-order valence-electron chi connectivity index (χ3n) is 6.60. The molecule has 6 rings (SSSR count). The Labute approximate surface area is 217 Å². The highest BCUT2D eigenvalue weighted by Crippen LogP contribution is 2.37. The highest BCUT2D eigenvalue weighted by Gasteiger charge is 2.41. The number of carbonyl (C=O) groups excluding carboxylic acids is 1. The molecule has 0 atom stereocenters. The van der Waals surface area contributed by atoms with Crippen molar-refractivity contribution in [3.63, 3.8) is 0 Å². The molecule has 0 spiro atoms. The Morgan fingerprint density at radius 3 is 2.78 bits per heavy atom. The maximum absolute atomic E-state index is 14.7. The largest absolute Gasteiger partial charge is 0.392 e. The number of aliphatic hydroxyl groups excluding tert-OH is 1. The number of aromatic nitrogens is 2. The number of carbonyl (C=O) groups is 1. The Kier molecular flexibility index (Phi) is 6.11. The summed E-state index contributed by atoms with van der Waals surface area (Å²) in [6, 6.07) is 10.0. The topological polar surface area (TPSA) is 109 Å². The van der Waals surface area contributed by atoms with Crippen LogP contribution in [0.5, 0.6) is 0 Å². The molecule has 10 nitrogen and oxygen atoms in total. The minimum absolute atomic E-state index is 0.0474. The summed E-state index contributed by atoms with van der Waals surface area (Å²) in [7, 11) is 0. The van der Waals surface area contributed by atoms with Crippen molar-refractivity contribution in [2.24, 2.45) is 4.99 Å². The molecule has 4 heterocycles. The standard InChI is InChI=1S/C25H24ClFN8O2/c26-18-2-1-3-19(27)21(18)35-23(37)17-13-30-24(32-22(17)34-11-8-29-25(34)35)31-16-4-5-20(15(12-16)14-36)33-9-6-28-7-10-33/h1-5,12-13,28,36H,6-11,14H2,(H,30,31,32). The predicted molar refractivity (Wildman–Crippen MR) is 141 cm³/mol. The van der Waals surface area contributed by atoms with Crippen molar-refractivity contribution in [3.8, 4) is 0 Å². The molecule has 2 aromatic carbocycles. The van der Waals surface area contributed by atoms with Crippen molar-refractivity contribution in [2.45, 2.75) is 6.61 Å². The van der Waals surface area contributed by atoms with E-state index < -0.39 is 11.7 Å². The number of benzene rings is 2. The predicted octanol–water partition coefficient (Wildman–Crippen LogP) is 2.75. The molecule has 3 N–H and O–H groups in total. The summed E-state index contributed by atoms with van der Waals surface area (Å²) in [4.78, 5) is 32.1. The van der Waals surface area contributed by atoms with Crippen LogP contribution >= 0.6 is 11.6 Å². The zero-order chi connectivity index (χ0) is 25.5. The van der Waals surface area contributed by atoms with Gasteiger partial charge in [-0.3, -0.25) is 14.7 Å². The first-order valence-corrected chi connectivity index (χ1v) is 12.4. The summed E-state index contributed by atoms with van der Waals surface area (Å²) < 4.78 is 14.7. The summed E-state index contributed by atoms with van der Waals surface area (Å²) in [6.45, 7) is 4.33. The van der Waals surface area contributed by atoms with Crippen LogP contribution in [-0.4, -0.2) is 66.2 Å². The molecule has 12 heteroatoms.